The van der Waals surface area contributed by atoms with Gasteiger partial charge in [0.1, 0.15) is 5.00 Å². The number of aryl methyl sites for hydroxylation is 1. The number of nitrogens with zero attached hydrogens (tertiary/aromatic N) is 1. The number of anilines is 2. The zero-order valence-corrected chi connectivity index (χ0v) is 6.96. The highest BCUT2D eigenvalue weighted by atomic mass is 32.1. The molecular weight excluding hydrogens is 146 g/mol. The van der Waals surface area contributed by atoms with Crippen molar-refractivity contribution >= 4 is 21.5 Å². The van der Waals surface area contributed by atoms with Gasteiger partial charge in [-0.25, -0.2) is 4.98 Å². The maximum atomic E-state index is 5.59. The first-order valence-electron chi connectivity index (χ1n) is 3.20. The van der Waals surface area contributed by atoms with Crippen LogP contribution in [-0.4, -0.2) is 11.5 Å². The monoisotopic (exact) mass is 157 g/mol. The van der Waals surface area contributed by atoms with Crippen molar-refractivity contribution in [3.05, 3.63) is 5.69 Å². The molecule has 1 aromatic heterocycles. The predicted molar refractivity (Wildman–Crippen MR) is 45.4 cm³/mol. The summed E-state index contributed by atoms with van der Waals surface area (Å²) in [7, 11) is 0. The normalized spacial score (nSPS) is 9.80. The van der Waals surface area contributed by atoms with Crippen LogP contribution in [0.3, 0.4) is 0 Å². The fourth-order valence-electron chi connectivity index (χ4n) is 0.635. The van der Waals surface area contributed by atoms with Gasteiger partial charge in [0.05, 0.1) is 5.69 Å². The van der Waals surface area contributed by atoms with E-state index in [4.69, 9.17) is 5.73 Å². The van der Waals surface area contributed by atoms with E-state index in [1.165, 1.54) is 11.3 Å². The van der Waals surface area contributed by atoms with E-state index >= 15 is 0 Å². The Balaban J connectivity index is 2.77. The zero-order valence-electron chi connectivity index (χ0n) is 6.14. The smallest absolute Gasteiger partial charge is 0.184 e. The number of nitrogen functional groups attached to an aromatic ring is 1. The number of nitrogens with one attached hydrogen (secondary N) is 1. The highest BCUT2D eigenvalue weighted by Gasteiger charge is 2.00. The Labute approximate surface area is 64.3 Å². The lowest BCUT2D eigenvalue weighted by molar-refractivity contribution is 1.17. The van der Waals surface area contributed by atoms with Gasteiger partial charge < -0.3 is 11.1 Å². The van der Waals surface area contributed by atoms with Gasteiger partial charge in [-0.05, 0) is 13.8 Å². The molecule has 1 heterocycles. The minimum absolute atomic E-state index is 0.802. The topological polar surface area (TPSA) is 50.9 Å². The van der Waals surface area contributed by atoms with Gasteiger partial charge in [-0.2, -0.15) is 0 Å². The van der Waals surface area contributed by atoms with Crippen molar-refractivity contribution in [1.29, 1.82) is 0 Å². The molecule has 1 aromatic rings. The van der Waals surface area contributed by atoms with Crippen molar-refractivity contribution < 1.29 is 0 Å². The quantitative estimate of drug-likeness (QED) is 0.683. The molecule has 0 aromatic carbocycles. The number of hydrogen-bond acceptors (Lipinski definition) is 4. The predicted octanol–water partition coefficient (Wildman–Crippen LogP) is 1.47. The van der Waals surface area contributed by atoms with Crippen LogP contribution in [0.5, 0.6) is 0 Å². The average molecular weight is 157 g/mol. The third kappa shape index (κ3) is 1.39. The maximum Gasteiger partial charge on any atom is 0.184 e. The number of rotatable bonds is 2. The Morgan fingerprint density at radius 3 is 2.80 bits per heavy atom. The Hall–Kier alpha value is -0.770. The molecule has 0 amide bonds. The van der Waals surface area contributed by atoms with Crippen LogP contribution in [0.4, 0.5) is 10.1 Å². The lowest BCUT2D eigenvalue weighted by Crippen LogP contribution is -1.94. The number of thiazole rings is 1. The van der Waals surface area contributed by atoms with Crippen molar-refractivity contribution in [2.45, 2.75) is 13.8 Å². The fraction of sp³-hybridized carbons (Fsp3) is 0.500. The number of nitrogens with two attached hydrogens (primary N) is 1. The van der Waals surface area contributed by atoms with Gasteiger partial charge in [-0.3, -0.25) is 0 Å². The van der Waals surface area contributed by atoms with E-state index in [2.05, 4.69) is 10.3 Å². The van der Waals surface area contributed by atoms with E-state index in [1.54, 1.807) is 0 Å². The second kappa shape index (κ2) is 2.88. The van der Waals surface area contributed by atoms with Crippen molar-refractivity contribution in [2.75, 3.05) is 17.6 Å². The van der Waals surface area contributed by atoms with Crippen molar-refractivity contribution in [1.82, 2.24) is 4.98 Å². The molecule has 0 aliphatic heterocycles. The third-order valence-electron chi connectivity index (χ3n) is 1.16. The maximum absolute atomic E-state index is 5.59. The molecule has 0 aliphatic carbocycles. The Kier molecular flexibility index (Phi) is 2.11. The van der Waals surface area contributed by atoms with Gasteiger partial charge in [-0.1, -0.05) is 11.3 Å². The molecule has 0 aliphatic rings. The van der Waals surface area contributed by atoms with Gasteiger partial charge in [-0.15, -0.1) is 0 Å². The van der Waals surface area contributed by atoms with E-state index in [0.717, 1.165) is 22.4 Å². The fourth-order valence-corrected chi connectivity index (χ4v) is 1.44. The summed E-state index contributed by atoms with van der Waals surface area (Å²) >= 11 is 1.49. The lowest BCUT2D eigenvalue weighted by Gasteiger charge is -1.92. The summed E-state index contributed by atoms with van der Waals surface area (Å²) in [6.45, 7) is 4.84. The van der Waals surface area contributed by atoms with E-state index in [0.29, 0.717) is 0 Å². The van der Waals surface area contributed by atoms with Gasteiger partial charge in [0.25, 0.3) is 0 Å². The first-order chi connectivity index (χ1) is 4.74. The largest absolute Gasteiger partial charge is 0.389 e. The molecular formula is C6H11N3S. The summed E-state index contributed by atoms with van der Waals surface area (Å²) in [6.07, 6.45) is 0. The molecule has 0 spiro atoms. The summed E-state index contributed by atoms with van der Waals surface area (Å²) in [5, 5.41) is 4.81. The number of hydrogen-bond donors (Lipinski definition) is 2. The van der Waals surface area contributed by atoms with Gasteiger partial charge in [0, 0.05) is 6.54 Å². The van der Waals surface area contributed by atoms with E-state index in [9.17, 15) is 0 Å². The third-order valence-corrected chi connectivity index (χ3v) is 2.10. The molecule has 56 valence electrons. The standard InChI is InChI=1S/C6H11N3S/c1-3-8-6-9-4(2)5(7)10-6/h3,7H2,1-2H3,(H,8,9). The Bertz CT molecular complexity index is 199. The Morgan fingerprint density at radius 1 is 1.70 bits per heavy atom. The molecule has 4 heteroatoms. The van der Waals surface area contributed by atoms with Gasteiger partial charge in [0.15, 0.2) is 5.13 Å². The molecule has 3 N–H and O–H groups in total. The first-order valence-corrected chi connectivity index (χ1v) is 4.02. The van der Waals surface area contributed by atoms with Crippen LogP contribution in [0, 0.1) is 6.92 Å². The van der Waals surface area contributed by atoms with Crippen LogP contribution in [0.2, 0.25) is 0 Å². The van der Waals surface area contributed by atoms with Crippen LogP contribution in [0.1, 0.15) is 12.6 Å². The molecule has 0 fully saturated rings. The van der Waals surface area contributed by atoms with E-state index in [1.807, 2.05) is 13.8 Å². The molecule has 0 radical (unpaired) electrons. The van der Waals surface area contributed by atoms with Crippen molar-refractivity contribution in [2.24, 2.45) is 0 Å². The molecule has 0 atom stereocenters. The minimum Gasteiger partial charge on any atom is -0.389 e. The second-order valence-corrected chi connectivity index (χ2v) is 3.03. The van der Waals surface area contributed by atoms with Crippen LogP contribution in [0.15, 0.2) is 0 Å². The Morgan fingerprint density at radius 2 is 2.40 bits per heavy atom. The average Bonchev–Trinajstić information content (AvgIpc) is 2.14. The van der Waals surface area contributed by atoms with Crippen molar-refractivity contribution in [3.63, 3.8) is 0 Å². The summed E-state index contributed by atoms with van der Waals surface area (Å²) in [5.74, 6) is 0. The molecule has 10 heavy (non-hydrogen) atoms. The first kappa shape index (κ1) is 7.34. The second-order valence-electron chi connectivity index (χ2n) is 2.00. The molecule has 0 saturated carbocycles. The minimum atomic E-state index is 0.802. The molecule has 3 nitrogen and oxygen atoms in total. The van der Waals surface area contributed by atoms with Crippen LogP contribution in [0.25, 0.3) is 0 Å². The highest BCUT2D eigenvalue weighted by Crippen LogP contribution is 2.23. The molecule has 0 saturated heterocycles. The van der Waals surface area contributed by atoms with E-state index in [-0.39, 0.29) is 0 Å². The molecule has 1 rings (SSSR count). The van der Waals surface area contributed by atoms with Crippen LogP contribution in [-0.2, 0) is 0 Å². The summed E-state index contributed by atoms with van der Waals surface area (Å²) in [5.41, 5.74) is 6.50. The number of aromatic nitrogens is 1. The highest BCUT2D eigenvalue weighted by molar-refractivity contribution is 7.19. The van der Waals surface area contributed by atoms with Crippen LogP contribution < -0.4 is 11.1 Å². The molecule has 0 unspecified atom stereocenters. The summed E-state index contributed by atoms with van der Waals surface area (Å²) in [4.78, 5) is 4.18. The summed E-state index contributed by atoms with van der Waals surface area (Å²) in [6, 6.07) is 0. The van der Waals surface area contributed by atoms with Crippen molar-refractivity contribution in [3.8, 4) is 0 Å². The summed E-state index contributed by atoms with van der Waals surface area (Å²) < 4.78 is 0. The zero-order chi connectivity index (χ0) is 7.56. The van der Waals surface area contributed by atoms with Gasteiger partial charge >= 0.3 is 0 Å². The van der Waals surface area contributed by atoms with E-state index < -0.39 is 0 Å². The molecule has 0 bridgehead atoms. The SMILES string of the molecule is CCNc1nc(C)c(N)s1. The van der Waals surface area contributed by atoms with Gasteiger partial charge in [0.2, 0.25) is 0 Å². The lowest BCUT2D eigenvalue weighted by atomic mass is 10.5. The van der Waals surface area contributed by atoms with Crippen LogP contribution >= 0.6 is 11.3 Å².